The van der Waals surface area contributed by atoms with Crippen LogP contribution in [0.5, 0.6) is 17.2 Å². The van der Waals surface area contributed by atoms with Crippen LogP contribution < -0.4 is 19.5 Å². The lowest BCUT2D eigenvalue weighted by molar-refractivity contribution is -0.116. The topological polar surface area (TPSA) is 73.9 Å². The van der Waals surface area contributed by atoms with E-state index in [2.05, 4.69) is 5.32 Å². The number of hydrogen-bond donors (Lipinski definition) is 1. The Bertz CT molecular complexity index is 733. The highest BCUT2D eigenvalue weighted by atomic mass is 16.5. The summed E-state index contributed by atoms with van der Waals surface area (Å²) in [6.07, 6.45) is 1.05. The lowest BCUT2D eigenvalue weighted by atomic mass is 10.1. The molecule has 2 rings (SSSR count). The van der Waals surface area contributed by atoms with Crippen molar-refractivity contribution in [3.8, 4) is 17.2 Å². The monoisotopic (exact) mass is 357 g/mol. The molecule has 0 heterocycles. The van der Waals surface area contributed by atoms with E-state index in [-0.39, 0.29) is 18.1 Å². The van der Waals surface area contributed by atoms with Crippen LogP contribution in [0.15, 0.2) is 42.5 Å². The first-order valence-electron chi connectivity index (χ1n) is 8.27. The van der Waals surface area contributed by atoms with Crippen LogP contribution in [0.25, 0.3) is 0 Å². The van der Waals surface area contributed by atoms with Gasteiger partial charge in [-0.05, 0) is 6.42 Å². The molecule has 1 N–H and O–H groups in total. The van der Waals surface area contributed by atoms with E-state index in [0.29, 0.717) is 41.3 Å². The van der Waals surface area contributed by atoms with Crippen molar-refractivity contribution < 1.29 is 23.8 Å². The number of anilines is 1. The van der Waals surface area contributed by atoms with Crippen molar-refractivity contribution >= 4 is 17.4 Å². The summed E-state index contributed by atoms with van der Waals surface area (Å²) in [5.74, 6) is 1.23. The van der Waals surface area contributed by atoms with Crippen molar-refractivity contribution in [1.82, 2.24) is 0 Å². The SMILES string of the molecule is COc1cc(NC(=O)CCCC(=O)c2ccccc2)cc(OC)c1OC. The van der Waals surface area contributed by atoms with Crippen molar-refractivity contribution in [1.29, 1.82) is 0 Å². The number of carbonyl (C=O) groups is 2. The van der Waals surface area contributed by atoms with E-state index in [0.717, 1.165) is 0 Å². The maximum atomic E-state index is 12.1. The molecule has 0 saturated heterocycles. The molecule has 6 nitrogen and oxygen atoms in total. The number of ketones is 1. The minimum Gasteiger partial charge on any atom is -0.493 e. The van der Waals surface area contributed by atoms with Gasteiger partial charge in [-0.25, -0.2) is 0 Å². The number of Topliss-reactive ketones (excluding diaryl/α,β-unsaturated/α-hetero) is 1. The first kappa shape index (κ1) is 19.3. The third-order valence-electron chi connectivity index (χ3n) is 3.85. The second kappa shape index (κ2) is 9.46. The average Bonchev–Trinajstić information content (AvgIpc) is 2.67. The largest absolute Gasteiger partial charge is 0.493 e. The lowest BCUT2D eigenvalue weighted by Crippen LogP contribution is -2.12. The summed E-state index contributed by atoms with van der Waals surface area (Å²) in [5.41, 5.74) is 1.21. The Balaban J connectivity index is 1.92. The number of hydrogen-bond acceptors (Lipinski definition) is 5. The fourth-order valence-electron chi connectivity index (χ4n) is 2.55. The van der Waals surface area contributed by atoms with Gasteiger partial charge in [-0.2, -0.15) is 0 Å². The van der Waals surface area contributed by atoms with Gasteiger partial charge in [-0.1, -0.05) is 30.3 Å². The predicted octanol–water partition coefficient (Wildman–Crippen LogP) is 3.70. The van der Waals surface area contributed by atoms with E-state index in [1.54, 1.807) is 24.3 Å². The summed E-state index contributed by atoms with van der Waals surface area (Å²) in [5, 5.41) is 2.79. The summed E-state index contributed by atoms with van der Waals surface area (Å²) in [6, 6.07) is 12.4. The number of methoxy groups -OCH3 is 3. The standard InChI is InChI=1S/C20H23NO5/c1-24-17-12-15(13-18(25-2)20(17)26-3)21-19(23)11-7-10-16(22)14-8-5-4-6-9-14/h4-6,8-9,12-13H,7,10-11H2,1-3H3,(H,21,23). The molecular weight excluding hydrogens is 334 g/mol. The van der Waals surface area contributed by atoms with Crippen molar-refractivity contribution in [2.75, 3.05) is 26.6 Å². The van der Waals surface area contributed by atoms with Crippen LogP contribution >= 0.6 is 0 Å². The van der Waals surface area contributed by atoms with Crippen LogP contribution in [0.2, 0.25) is 0 Å². The van der Waals surface area contributed by atoms with Gasteiger partial charge in [0.1, 0.15) is 0 Å². The molecule has 138 valence electrons. The Kier molecular flexibility index (Phi) is 7.02. The third kappa shape index (κ3) is 4.99. The van der Waals surface area contributed by atoms with Gasteiger partial charge in [0, 0.05) is 36.2 Å². The molecule has 0 fully saturated rings. The van der Waals surface area contributed by atoms with E-state index < -0.39 is 0 Å². The Morgan fingerprint density at radius 1 is 0.885 bits per heavy atom. The van der Waals surface area contributed by atoms with Crippen molar-refractivity contribution in [2.24, 2.45) is 0 Å². The van der Waals surface area contributed by atoms with Crippen LogP contribution in [0, 0.1) is 0 Å². The zero-order valence-electron chi connectivity index (χ0n) is 15.2. The molecule has 6 heteroatoms. The predicted molar refractivity (Wildman–Crippen MR) is 99.4 cm³/mol. The number of amides is 1. The molecule has 0 saturated carbocycles. The molecule has 0 spiro atoms. The normalized spacial score (nSPS) is 10.1. The Labute approximate surface area is 153 Å². The van der Waals surface area contributed by atoms with E-state index in [9.17, 15) is 9.59 Å². The maximum absolute atomic E-state index is 12.1. The fourth-order valence-corrected chi connectivity index (χ4v) is 2.55. The Morgan fingerprint density at radius 2 is 1.50 bits per heavy atom. The first-order valence-corrected chi connectivity index (χ1v) is 8.27. The summed E-state index contributed by atoms with van der Waals surface area (Å²) in [4.78, 5) is 24.2. The number of benzene rings is 2. The lowest BCUT2D eigenvalue weighted by Gasteiger charge is -2.14. The molecule has 2 aromatic rings. The second-order valence-corrected chi connectivity index (χ2v) is 5.60. The van der Waals surface area contributed by atoms with Gasteiger partial charge in [0.15, 0.2) is 17.3 Å². The van der Waals surface area contributed by atoms with Gasteiger partial charge in [-0.3, -0.25) is 9.59 Å². The Hall–Kier alpha value is -3.02. The van der Waals surface area contributed by atoms with Crippen LogP contribution in [-0.4, -0.2) is 33.0 Å². The minimum atomic E-state index is -0.180. The van der Waals surface area contributed by atoms with E-state index in [4.69, 9.17) is 14.2 Å². The molecule has 0 aliphatic rings. The molecular formula is C20H23NO5. The maximum Gasteiger partial charge on any atom is 0.224 e. The summed E-state index contributed by atoms with van der Waals surface area (Å²) >= 11 is 0. The zero-order chi connectivity index (χ0) is 18.9. The van der Waals surface area contributed by atoms with Gasteiger partial charge in [0.05, 0.1) is 21.3 Å². The van der Waals surface area contributed by atoms with E-state index >= 15 is 0 Å². The van der Waals surface area contributed by atoms with Crippen LogP contribution in [-0.2, 0) is 4.79 Å². The van der Waals surface area contributed by atoms with Crippen LogP contribution in [0.3, 0.4) is 0 Å². The number of rotatable bonds is 9. The van der Waals surface area contributed by atoms with Gasteiger partial charge in [-0.15, -0.1) is 0 Å². The highest BCUT2D eigenvalue weighted by Crippen LogP contribution is 2.39. The third-order valence-corrected chi connectivity index (χ3v) is 3.85. The summed E-state index contributed by atoms with van der Waals surface area (Å²) < 4.78 is 15.8. The molecule has 0 aliphatic carbocycles. The molecule has 0 bridgehead atoms. The van der Waals surface area contributed by atoms with Crippen molar-refractivity contribution in [3.63, 3.8) is 0 Å². The number of ether oxygens (including phenoxy) is 3. The average molecular weight is 357 g/mol. The summed E-state index contributed by atoms with van der Waals surface area (Å²) in [7, 11) is 4.54. The molecule has 0 radical (unpaired) electrons. The molecule has 2 aromatic carbocycles. The molecule has 0 aliphatic heterocycles. The zero-order valence-corrected chi connectivity index (χ0v) is 15.2. The molecule has 0 aromatic heterocycles. The quantitative estimate of drug-likeness (QED) is 0.693. The van der Waals surface area contributed by atoms with E-state index in [1.165, 1.54) is 21.3 Å². The van der Waals surface area contributed by atoms with Crippen LogP contribution in [0.1, 0.15) is 29.6 Å². The number of nitrogens with one attached hydrogen (secondary N) is 1. The van der Waals surface area contributed by atoms with Gasteiger partial charge < -0.3 is 19.5 Å². The van der Waals surface area contributed by atoms with Crippen molar-refractivity contribution in [3.05, 3.63) is 48.0 Å². The highest BCUT2D eigenvalue weighted by Gasteiger charge is 2.14. The highest BCUT2D eigenvalue weighted by molar-refractivity contribution is 5.96. The molecule has 26 heavy (non-hydrogen) atoms. The van der Waals surface area contributed by atoms with Crippen molar-refractivity contribution in [2.45, 2.75) is 19.3 Å². The smallest absolute Gasteiger partial charge is 0.224 e. The first-order chi connectivity index (χ1) is 12.6. The van der Waals surface area contributed by atoms with Crippen LogP contribution in [0.4, 0.5) is 5.69 Å². The summed E-state index contributed by atoms with van der Waals surface area (Å²) in [6.45, 7) is 0. The second-order valence-electron chi connectivity index (χ2n) is 5.60. The fraction of sp³-hybridized carbons (Fsp3) is 0.300. The van der Waals surface area contributed by atoms with E-state index in [1.807, 2.05) is 18.2 Å². The van der Waals surface area contributed by atoms with Gasteiger partial charge in [0.2, 0.25) is 11.7 Å². The Morgan fingerprint density at radius 3 is 2.04 bits per heavy atom. The molecule has 0 unspecified atom stereocenters. The number of carbonyl (C=O) groups excluding carboxylic acids is 2. The van der Waals surface area contributed by atoms with Gasteiger partial charge in [0.25, 0.3) is 0 Å². The van der Waals surface area contributed by atoms with Gasteiger partial charge >= 0.3 is 0 Å². The minimum absolute atomic E-state index is 0.0335. The molecule has 0 atom stereocenters. The molecule has 1 amide bonds.